The smallest absolute Gasteiger partial charge is 0.249 e. The van der Waals surface area contributed by atoms with Crippen molar-refractivity contribution < 1.29 is 14.7 Å². The SMILES string of the molecule is O=C1CCC(Nc2ccc([C@@H]3CCNC[C@@H]3O)cc2)C(=O)N1. The second-order valence-electron chi connectivity index (χ2n) is 5.94. The van der Waals surface area contributed by atoms with Gasteiger partial charge in [0.1, 0.15) is 6.04 Å². The number of amides is 2. The highest BCUT2D eigenvalue weighted by Crippen LogP contribution is 2.27. The van der Waals surface area contributed by atoms with Crippen LogP contribution in [0.5, 0.6) is 0 Å². The summed E-state index contributed by atoms with van der Waals surface area (Å²) in [5, 5.41) is 18.7. The van der Waals surface area contributed by atoms with Crippen LogP contribution in [0.4, 0.5) is 5.69 Å². The molecule has 0 radical (unpaired) electrons. The lowest BCUT2D eigenvalue weighted by Crippen LogP contribution is -2.47. The molecule has 0 spiro atoms. The maximum Gasteiger partial charge on any atom is 0.249 e. The minimum absolute atomic E-state index is 0.158. The molecule has 3 rings (SSSR count). The van der Waals surface area contributed by atoms with E-state index in [1.54, 1.807) is 0 Å². The number of β-amino-alcohol motifs (C(OH)–C–C–N with tert-alkyl or cyclic N) is 1. The average molecular weight is 303 g/mol. The molecule has 118 valence electrons. The normalized spacial score (nSPS) is 29.0. The second kappa shape index (κ2) is 6.46. The summed E-state index contributed by atoms with van der Waals surface area (Å²) in [6.45, 7) is 1.54. The summed E-state index contributed by atoms with van der Waals surface area (Å²) in [6, 6.07) is 7.47. The molecular formula is C16H21N3O3. The minimum Gasteiger partial charge on any atom is -0.391 e. The van der Waals surface area contributed by atoms with Crippen molar-refractivity contribution >= 4 is 17.5 Å². The largest absolute Gasteiger partial charge is 0.391 e. The van der Waals surface area contributed by atoms with Gasteiger partial charge in [-0.3, -0.25) is 14.9 Å². The minimum atomic E-state index is -0.368. The Balaban J connectivity index is 1.64. The number of rotatable bonds is 3. The fourth-order valence-corrected chi connectivity index (χ4v) is 3.09. The van der Waals surface area contributed by atoms with E-state index in [4.69, 9.17) is 0 Å². The van der Waals surface area contributed by atoms with Crippen LogP contribution in [0.1, 0.15) is 30.7 Å². The Morgan fingerprint density at radius 2 is 1.91 bits per heavy atom. The van der Waals surface area contributed by atoms with E-state index in [0.29, 0.717) is 19.4 Å². The predicted octanol–water partition coefficient (Wildman–Crippen LogP) is 0.341. The van der Waals surface area contributed by atoms with E-state index >= 15 is 0 Å². The molecule has 1 unspecified atom stereocenters. The van der Waals surface area contributed by atoms with Crippen LogP contribution in [0.2, 0.25) is 0 Å². The number of carbonyl (C=O) groups is 2. The molecule has 22 heavy (non-hydrogen) atoms. The Labute approximate surface area is 129 Å². The summed E-state index contributed by atoms with van der Waals surface area (Å²) in [5.74, 6) is -0.321. The Morgan fingerprint density at radius 1 is 1.14 bits per heavy atom. The van der Waals surface area contributed by atoms with Crippen molar-refractivity contribution in [1.29, 1.82) is 0 Å². The summed E-state index contributed by atoms with van der Waals surface area (Å²) in [6.07, 6.45) is 1.44. The molecule has 2 amide bonds. The van der Waals surface area contributed by atoms with Gasteiger partial charge < -0.3 is 15.7 Å². The number of aliphatic hydroxyl groups is 1. The second-order valence-corrected chi connectivity index (χ2v) is 5.94. The molecular weight excluding hydrogens is 282 g/mol. The Morgan fingerprint density at radius 3 is 2.59 bits per heavy atom. The Bertz CT molecular complexity index is 558. The zero-order valence-electron chi connectivity index (χ0n) is 12.3. The molecule has 2 aliphatic rings. The van der Waals surface area contributed by atoms with Crippen LogP contribution in [0, 0.1) is 0 Å². The first-order valence-corrected chi connectivity index (χ1v) is 7.72. The van der Waals surface area contributed by atoms with Gasteiger partial charge in [-0.15, -0.1) is 0 Å². The van der Waals surface area contributed by atoms with Gasteiger partial charge in [0.25, 0.3) is 0 Å². The van der Waals surface area contributed by atoms with E-state index < -0.39 is 0 Å². The summed E-state index contributed by atoms with van der Waals surface area (Å²) < 4.78 is 0. The summed E-state index contributed by atoms with van der Waals surface area (Å²) >= 11 is 0. The zero-order chi connectivity index (χ0) is 15.5. The highest BCUT2D eigenvalue weighted by atomic mass is 16.3. The molecule has 6 nitrogen and oxygen atoms in total. The molecule has 4 N–H and O–H groups in total. The van der Waals surface area contributed by atoms with Crippen molar-refractivity contribution in [3.63, 3.8) is 0 Å². The van der Waals surface area contributed by atoms with Crippen LogP contribution in [-0.4, -0.2) is 42.2 Å². The Hall–Kier alpha value is -1.92. The van der Waals surface area contributed by atoms with Gasteiger partial charge >= 0.3 is 0 Å². The topological polar surface area (TPSA) is 90.5 Å². The van der Waals surface area contributed by atoms with Crippen LogP contribution < -0.4 is 16.0 Å². The van der Waals surface area contributed by atoms with E-state index in [2.05, 4.69) is 16.0 Å². The molecule has 0 bridgehead atoms. The molecule has 1 aromatic rings. The van der Waals surface area contributed by atoms with Crippen molar-refractivity contribution in [2.75, 3.05) is 18.4 Å². The monoisotopic (exact) mass is 303 g/mol. The molecule has 3 atom stereocenters. The van der Waals surface area contributed by atoms with Crippen molar-refractivity contribution in [3.8, 4) is 0 Å². The summed E-state index contributed by atoms with van der Waals surface area (Å²) in [7, 11) is 0. The van der Waals surface area contributed by atoms with Crippen LogP contribution in [0.15, 0.2) is 24.3 Å². The third-order valence-electron chi connectivity index (χ3n) is 4.37. The highest BCUT2D eigenvalue weighted by Gasteiger charge is 2.27. The number of hydrogen-bond donors (Lipinski definition) is 4. The molecule has 2 aliphatic heterocycles. The standard InChI is InChI=1S/C16H21N3O3/c20-14-9-17-8-7-12(14)10-1-3-11(4-2-10)18-13-5-6-15(21)19-16(13)22/h1-4,12-14,17-18,20H,5-9H2,(H,19,21,22)/t12-,13?,14-/m0/s1. The third-order valence-corrected chi connectivity index (χ3v) is 4.37. The maximum atomic E-state index is 11.7. The lowest BCUT2D eigenvalue weighted by Gasteiger charge is -2.29. The van der Waals surface area contributed by atoms with E-state index in [1.165, 1.54) is 0 Å². The van der Waals surface area contributed by atoms with Crippen LogP contribution in [0.25, 0.3) is 0 Å². The average Bonchev–Trinajstić information content (AvgIpc) is 2.51. The zero-order valence-corrected chi connectivity index (χ0v) is 12.3. The number of aliphatic hydroxyl groups excluding tert-OH is 1. The number of imide groups is 1. The van der Waals surface area contributed by atoms with Gasteiger partial charge in [-0.25, -0.2) is 0 Å². The molecule has 6 heteroatoms. The van der Waals surface area contributed by atoms with Crippen molar-refractivity contribution in [1.82, 2.24) is 10.6 Å². The number of hydrogen-bond acceptors (Lipinski definition) is 5. The lowest BCUT2D eigenvalue weighted by atomic mass is 9.88. The van der Waals surface area contributed by atoms with Gasteiger partial charge in [0, 0.05) is 24.6 Å². The molecule has 1 aromatic carbocycles. The fraction of sp³-hybridized carbons (Fsp3) is 0.500. The van der Waals surface area contributed by atoms with Crippen LogP contribution in [-0.2, 0) is 9.59 Å². The fourth-order valence-electron chi connectivity index (χ4n) is 3.09. The first kappa shape index (κ1) is 15.0. The highest BCUT2D eigenvalue weighted by molar-refractivity contribution is 6.01. The van der Waals surface area contributed by atoms with E-state index in [-0.39, 0.29) is 29.9 Å². The first-order chi connectivity index (χ1) is 10.6. The molecule has 0 saturated carbocycles. The van der Waals surface area contributed by atoms with E-state index in [1.807, 2.05) is 24.3 Å². The van der Waals surface area contributed by atoms with Crippen molar-refractivity contribution in [3.05, 3.63) is 29.8 Å². The first-order valence-electron chi connectivity index (χ1n) is 7.72. The number of nitrogens with one attached hydrogen (secondary N) is 3. The van der Waals surface area contributed by atoms with E-state index in [9.17, 15) is 14.7 Å². The molecule has 0 aromatic heterocycles. The quantitative estimate of drug-likeness (QED) is 0.605. The lowest BCUT2D eigenvalue weighted by molar-refractivity contribution is -0.133. The maximum absolute atomic E-state index is 11.7. The van der Waals surface area contributed by atoms with Crippen molar-refractivity contribution in [2.45, 2.75) is 37.3 Å². The van der Waals surface area contributed by atoms with Gasteiger partial charge in [0.15, 0.2) is 0 Å². The summed E-state index contributed by atoms with van der Waals surface area (Å²) in [5.41, 5.74) is 1.96. The molecule has 2 heterocycles. The van der Waals surface area contributed by atoms with Gasteiger partial charge in [0.2, 0.25) is 11.8 Å². The predicted molar refractivity (Wildman–Crippen MR) is 82.5 cm³/mol. The number of anilines is 1. The van der Waals surface area contributed by atoms with E-state index in [0.717, 1.165) is 24.2 Å². The van der Waals surface area contributed by atoms with Gasteiger partial charge in [-0.1, -0.05) is 12.1 Å². The van der Waals surface area contributed by atoms with Gasteiger partial charge in [-0.05, 0) is 37.1 Å². The molecule has 2 saturated heterocycles. The number of piperidine rings is 2. The van der Waals surface area contributed by atoms with Crippen molar-refractivity contribution in [2.24, 2.45) is 0 Å². The molecule has 0 aliphatic carbocycles. The van der Waals surface area contributed by atoms with Crippen LogP contribution in [0.3, 0.4) is 0 Å². The Kier molecular flexibility index (Phi) is 4.40. The summed E-state index contributed by atoms with van der Waals surface area (Å²) in [4.78, 5) is 22.9. The molecule has 2 fully saturated rings. The van der Waals surface area contributed by atoms with Crippen LogP contribution >= 0.6 is 0 Å². The van der Waals surface area contributed by atoms with Gasteiger partial charge in [-0.2, -0.15) is 0 Å². The van der Waals surface area contributed by atoms with Gasteiger partial charge in [0.05, 0.1) is 6.10 Å². The third kappa shape index (κ3) is 3.28. The number of carbonyl (C=O) groups excluding carboxylic acids is 2. The number of benzene rings is 1.